The molecule has 0 amide bonds. The first-order valence-corrected chi connectivity index (χ1v) is 7.16. The molecule has 1 atom stereocenters. The molecule has 0 bridgehead atoms. The Morgan fingerprint density at radius 3 is 2.53 bits per heavy atom. The van der Waals surface area contributed by atoms with Gasteiger partial charge in [-0.3, -0.25) is 0 Å². The van der Waals surface area contributed by atoms with Gasteiger partial charge in [-0.25, -0.2) is 0 Å². The minimum Gasteiger partial charge on any atom is -0.371 e. The Labute approximate surface area is 113 Å². The van der Waals surface area contributed by atoms with Crippen LogP contribution in [0, 0.1) is 0 Å². The molecule has 2 N–H and O–H groups in total. The van der Waals surface area contributed by atoms with E-state index in [-0.39, 0.29) is 6.04 Å². The van der Waals surface area contributed by atoms with Crippen LogP contribution in [0.3, 0.4) is 0 Å². The quantitative estimate of drug-likeness (QED) is 0.870. The Kier molecular flexibility index (Phi) is 6.00. The number of hydrogen-bond donors (Lipinski definition) is 1. The van der Waals surface area contributed by atoms with Crippen molar-refractivity contribution in [3.8, 4) is 0 Å². The van der Waals surface area contributed by atoms with Gasteiger partial charge in [-0.2, -0.15) is 0 Å². The second kappa shape index (κ2) is 7.02. The molecule has 1 rings (SSSR count). The smallest absolute Gasteiger partial charge is 0.0510 e. The van der Waals surface area contributed by atoms with Crippen molar-refractivity contribution in [3.63, 3.8) is 0 Å². The molecule has 0 aliphatic rings. The van der Waals surface area contributed by atoms with Crippen molar-refractivity contribution in [1.29, 1.82) is 0 Å². The SMILES string of the molecule is CCCN(CC)c1ccc(CC(C)N)cc1Br. The Hall–Kier alpha value is -0.540. The van der Waals surface area contributed by atoms with Crippen molar-refractivity contribution in [2.45, 2.75) is 39.7 Å². The lowest BCUT2D eigenvalue weighted by molar-refractivity contribution is 0.737. The summed E-state index contributed by atoms with van der Waals surface area (Å²) in [5.41, 5.74) is 8.40. The lowest BCUT2D eigenvalue weighted by atomic mass is 10.1. The molecular weight excluding hydrogens is 276 g/mol. The molecule has 96 valence electrons. The zero-order valence-corrected chi connectivity index (χ0v) is 12.6. The van der Waals surface area contributed by atoms with E-state index >= 15 is 0 Å². The molecule has 0 aliphatic carbocycles. The van der Waals surface area contributed by atoms with E-state index in [0.717, 1.165) is 19.5 Å². The highest BCUT2D eigenvalue weighted by molar-refractivity contribution is 9.10. The molecular formula is C14H23BrN2. The van der Waals surface area contributed by atoms with Gasteiger partial charge in [-0.1, -0.05) is 13.0 Å². The third-order valence-electron chi connectivity index (χ3n) is 2.79. The minimum absolute atomic E-state index is 0.214. The molecule has 0 saturated heterocycles. The van der Waals surface area contributed by atoms with Crippen LogP contribution in [0.25, 0.3) is 0 Å². The molecule has 0 aliphatic heterocycles. The summed E-state index contributed by atoms with van der Waals surface area (Å²) >= 11 is 3.67. The van der Waals surface area contributed by atoms with E-state index in [1.165, 1.54) is 22.1 Å². The van der Waals surface area contributed by atoms with Gasteiger partial charge in [-0.05, 0) is 60.3 Å². The van der Waals surface area contributed by atoms with Crippen LogP contribution in [-0.2, 0) is 6.42 Å². The van der Waals surface area contributed by atoms with Gasteiger partial charge in [0.2, 0.25) is 0 Å². The van der Waals surface area contributed by atoms with Crippen LogP contribution in [0.1, 0.15) is 32.8 Å². The standard InChI is InChI=1S/C14H23BrN2/c1-4-8-17(5-2)14-7-6-12(9-11(3)16)10-13(14)15/h6-7,10-11H,4-5,8-9,16H2,1-3H3. The van der Waals surface area contributed by atoms with Crippen LogP contribution in [0.4, 0.5) is 5.69 Å². The lowest BCUT2D eigenvalue weighted by Crippen LogP contribution is -2.24. The Morgan fingerprint density at radius 2 is 2.06 bits per heavy atom. The van der Waals surface area contributed by atoms with Gasteiger partial charge < -0.3 is 10.6 Å². The lowest BCUT2D eigenvalue weighted by Gasteiger charge is -2.24. The van der Waals surface area contributed by atoms with E-state index in [0.29, 0.717) is 0 Å². The van der Waals surface area contributed by atoms with E-state index in [1.54, 1.807) is 0 Å². The molecule has 1 unspecified atom stereocenters. The van der Waals surface area contributed by atoms with Gasteiger partial charge in [0.1, 0.15) is 0 Å². The average Bonchev–Trinajstić information content (AvgIpc) is 2.26. The number of benzene rings is 1. The number of rotatable bonds is 6. The number of nitrogens with zero attached hydrogens (tertiary/aromatic N) is 1. The number of halogens is 1. The van der Waals surface area contributed by atoms with Gasteiger partial charge in [-0.15, -0.1) is 0 Å². The molecule has 0 heterocycles. The summed E-state index contributed by atoms with van der Waals surface area (Å²) in [7, 11) is 0. The summed E-state index contributed by atoms with van der Waals surface area (Å²) in [6, 6.07) is 6.78. The summed E-state index contributed by atoms with van der Waals surface area (Å²) in [6.45, 7) is 8.58. The minimum atomic E-state index is 0.214. The molecule has 0 spiro atoms. The Morgan fingerprint density at radius 1 is 1.35 bits per heavy atom. The topological polar surface area (TPSA) is 29.3 Å². The van der Waals surface area contributed by atoms with E-state index in [2.05, 4.69) is 52.9 Å². The highest BCUT2D eigenvalue weighted by Crippen LogP contribution is 2.27. The van der Waals surface area contributed by atoms with Gasteiger partial charge in [0.25, 0.3) is 0 Å². The first kappa shape index (κ1) is 14.5. The summed E-state index contributed by atoms with van der Waals surface area (Å²) in [5.74, 6) is 0. The summed E-state index contributed by atoms with van der Waals surface area (Å²) in [4.78, 5) is 2.39. The van der Waals surface area contributed by atoms with Gasteiger partial charge >= 0.3 is 0 Å². The van der Waals surface area contributed by atoms with Gasteiger partial charge in [0.15, 0.2) is 0 Å². The predicted octanol–water partition coefficient (Wildman–Crippen LogP) is 3.58. The molecule has 1 aromatic carbocycles. The fourth-order valence-electron chi connectivity index (χ4n) is 2.02. The van der Waals surface area contributed by atoms with Gasteiger partial charge in [0.05, 0.1) is 5.69 Å². The van der Waals surface area contributed by atoms with Crippen molar-refractivity contribution < 1.29 is 0 Å². The monoisotopic (exact) mass is 298 g/mol. The molecule has 0 saturated carbocycles. The maximum atomic E-state index is 5.82. The Balaban J connectivity index is 2.87. The maximum Gasteiger partial charge on any atom is 0.0510 e. The highest BCUT2D eigenvalue weighted by atomic mass is 79.9. The van der Waals surface area contributed by atoms with Crippen molar-refractivity contribution in [1.82, 2.24) is 0 Å². The van der Waals surface area contributed by atoms with Gasteiger partial charge in [0, 0.05) is 23.6 Å². The predicted molar refractivity (Wildman–Crippen MR) is 79.7 cm³/mol. The molecule has 3 heteroatoms. The second-order valence-corrected chi connectivity index (χ2v) is 5.40. The number of anilines is 1. The molecule has 0 aromatic heterocycles. The normalized spacial score (nSPS) is 12.5. The fourth-order valence-corrected chi connectivity index (χ4v) is 2.70. The third-order valence-corrected chi connectivity index (χ3v) is 3.42. The number of hydrogen-bond acceptors (Lipinski definition) is 2. The van der Waals surface area contributed by atoms with Crippen molar-refractivity contribution >= 4 is 21.6 Å². The average molecular weight is 299 g/mol. The maximum absolute atomic E-state index is 5.82. The van der Waals surface area contributed by atoms with Crippen LogP contribution in [0.15, 0.2) is 22.7 Å². The zero-order valence-electron chi connectivity index (χ0n) is 11.0. The zero-order chi connectivity index (χ0) is 12.8. The third kappa shape index (κ3) is 4.32. The largest absolute Gasteiger partial charge is 0.371 e. The van der Waals surface area contributed by atoms with E-state index in [4.69, 9.17) is 5.73 Å². The molecule has 0 radical (unpaired) electrons. The first-order chi connectivity index (χ1) is 8.08. The summed E-state index contributed by atoms with van der Waals surface area (Å²) in [6.07, 6.45) is 2.10. The van der Waals surface area contributed by atoms with Crippen LogP contribution >= 0.6 is 15.9 Å². The molecule has 17 heavy (non-hydrogen) atoms. The molecule has 0 fully saturated rings. The summed E-state index contributed by atoms with van der Waals surface area (Å²) in [5, 5.41) is 0. The van der Waals surface area contributed by atoms with E-state index in [1.807, 2.05) is 6.92 Å². The Bertz CT molecular complexity index is 350. The van der Waals surface area contributed by atoms with Crippen molar-refractivity contribution in [2.75, 3.05) is 18.0 Å². The first-order valence-electron chi connectivity index (χ1n) is 6.37. The van der Waals surface area contributed by atoms with Crippen LogP contribution in [-0.4, -0.2) is 19.1 Å². The second-order valence-electron chi connectivity index (χ2n) is 4.55. The number of nitrogens with two attached hydrogens (primary N) is 1. The molecule has 2 nitrogen and oxygen atoms in total. The van der Waals surface area contributed by atoms with Crippen LogP contribution < -0.4 is 10.6 Å². The fraction of sp³-hybridized carbons (Fsp3) is 0.571. The van der Waals surface area contributed by atoms with Crippen molar-refractivity contribution in [3.05, 3.63) is 28.2 Å². The summed E-state index contributed by atoms with van der Waals surface area (Å²) < 4.78 is 1.17. The molecule has 1 aromatic rings. The van der Waals surface area contributed by atoms with Crippen LogP contribution in [0.5, 0.6) is 0 Å². The van der Waals surface area contributed by atoms with Crippen LogP contribution in [0.2, 0.25) is 0 Å². The van der Waals surface area contributed by atoms with E-state index in [9.17, 15) is 0 Å². The van der Waals surface area contributed by atoms with E-state index < -0.39 is 0 Å². The van der Waals surface area contributed by atoms with Crippen molar-refractivity contribution in [2.24, 2.45) is 5.73 Å². The highest BCUT2D eigenvalue weighted by Gasteiger charge is 2.08.